The summed E-state index contributed by atoms with van der Waals surface area (Å²) in [6.07, 6.45) is -1.49. The summed E-state index contributed by atoms with van der Waals surface area (Å²) in [5.41, 5.74) is 4.91. The minimum atomic E-state index is -4.57. The molecule has 3 aromatic heterocycles. The molecule has 1 aliphatic rings. The molecule has 7 nitrogen and oxygen atoms in total. The fourth-order valence-corrected chi connectivity index (χ4v) is 3.04. The van der Waals surface area contributed by atoms with Crippen LogP contribution in [0.25, 0.3) is 22.0 Å². The summed E-state index contributed by atoms with van der Waals surface area (Å²) in [6.45, 7) is 0. The summed E-state index contributed by atoms with van der Waals surface area (Å²) in [5, 5.41) is 12.4. The molecule has 0 radical (unpaired) electrons. The van der Waals surface area contributed by atoms with E-state index in [-0.39, 0.29) is 40.6 Å². The Morgan fingerprint density at radius 2 is 2.18 bits per heavy atom. The number of aromatic amines is 1. The number of hydrogen-bond donors (Lipinski definition) is 3. The lowest BCUT2D eigenvalue weighted by Gasteiger charge is -2.11. The monoisotopic (exact) mass is 386 g/mol. The standard InChI is InChI=1S/C18H13F3N6O/c19-18(20,21)15-10(1-2-24-15)13-4-8-5-14(25-7-12(8)16(23)26-13)27-17(28)11-3-9(11)6-22/h1-2,4-5,7,9,11,24H,3H2,(H2,23,26)(H,25,27,28)/t9-,11+/m1/s1. The van der Waals surface area contributed by atoms with E-state index >= 15 is 0 Å². The number of fused-ring (bicyclic) bond motifs is 1. The summed E-state index contributed by atoms with van der Waals surface area (Å²) < 4.78 is 39.5. The van der Waals surface area contributed by atoms with Gasteiger partial charge >= 0.3 is 6.18 Å². The smallest absolute Gasteiger partial charge is 0.383 e. The van der Waals surface area contributed by atoms with Crippen molar-refractivity contribution in [1.82, 2.24) is 15.0 Å². The first kappa shape index (κ1) is 17.8. The summed E-state index contributed by atoms with van der Waals surface area (Å²) in [6, 6.07) is 6.27. The molecule has 10 heteroatoms. The predicted octanol–water partition coefficient (Wildman–Crippen LogP) is 3.32. The lowest BCUT2D eigenvalue weighted by atomic mass is 10.1. The Morgan fingerprint density at radius 1 is 1.39 bits per heavy atom. The molecule has 0 saturated heterocycles. The predicted molar refractivity (Wildman–Crippen MR) is 94.6 cm³/mol. The van der Waals surface area contributed by atoms with Crippen molar-refractivity contribution < 1.29 is 18.0 Å². The highest BCUT2D eigenvalue weighted by Gasteiger charge is 2.43. The molecular weight excluding hydrogens is 373 g/mol. The molecule has 0 spiro atoms. The molecule has 0 bridgehead atoms. The molecule has 3 aromatic rings. The zero-order chi connectivity index (χ0) is 20.1. The third-order valence-electron chi connectivity index (χ3n) is 4.60. The van der Waals surface area contributed by atoms with Crippen molar-refractivity contribution in [2.45, 2.75) is 12.6 Å². The number of nitriles is 1. The van der Waals surface area contributed by atoms with Crippen LogP contribution in [0.2, 0.25) is 0 Å². The van der Waals surface area contributed by atoms with E-state index in [0.717, 1.165) is 0 Å². The highest BCUT2D eigenvalue weighted by Crippen LogP contribution is 2.39. The van der Waals surface area contributed by atoms with Gasteiger partial charge in [-0.2, -0.15) is 18.4 Å². The number of aromatic nitrogens is 3. The lowest BCUT2D eigenvalue weighted by Crippen LogP contribution is -2.15. The van der Waals surface area contributed by atoms with Gasteiger partial charge in [0.15, 0.2) is 0 Å². The minimum Gasteiger partial charge on any atom is -0.383 e. The molecule has 0 aromatic carbocycles. The van der Waals surface area contributed by atoms with Gasteiger partial charge in [0.2, 0.25) is 5.91 Å². The summed E-state index contributed by atoms with van der Waals surface area (Å²) in [5.74, 6) is -0.719. The Labute approximate surface area is 156 Å². The van der Waals surface area contributed by atoms with E-state index in [9.17, 15) is 18.0 Å². The number of H-pyrrole nitrogens is 1. The summed E-state index contributed by atoms with van der Waals surface area (Å²) in [4.78, 5) is 22.4. The van der Waals surface area contributed by atoms with Crippen molar-refractivity contribution in [1.29, 1.82) is 5.26 Å². The third-order valence-corrected chi connectivity index (χ3v) is 4.60. The number of amides is 1. The maximum absolute atomic E-state index is 13.2. The number of carbonyl (C=O) groups is 1. The van der Waals surface area contributed by atoms with Crippen LogP contribution < -0.4 is 11.1 Å². The van der Waals surface area contributed by atoms with Gasteiger partial charge in [0.25, 0.3) is 0 Å². The van der Waals surface area contributed by atoms with Gasteiger partial charge in [0.1, 0.15) is 17.3 Å². The Morgan fingerprint density at radius 3 is 2.86 bits per heavy atom. The van der Waals surface area contributed by atoms with Crippen LogP contribution in [-0.4, -0.2) is 20.9 Å². The number of hydrogen-bond acceptors (Lipinski definition) is 5. The SMILES string of the molecule is N#C[C@H]1C[C@@H]1C(=O)Nc1cc2cc(-c3cc[nH]c3C(F)(F)F)nc(N)c2cn1. The van der Waals surface area contributed by atoms with Crippen molar-refractivity contribution >= 4 is 28.3 Å². The molecular formula is C18H13F3N6O. The van der Waals surface area contributed by atoms with Gasteiger partial charge in [-0.3, -0.25) is 4.79 Å². The summed E-state index contributed by atoms with van der Waals surface area (Å²) >= 11 is 0. The molecule has 142 valence electrons. The Balaban J connectivity index is 1.71. The topological polar surface area (TPSA) is 120 Å². The molecule has 1 saturated carbocycles. The van der Waals surface area contributed by atoms with Crippen LogP contribution in [0.15, 0.2) is 30.6 Å². The largest absolute Gasteiger partial charge is 0.431 e. The summed E-state index contributed by atoms with van der Waals surface area (Å²) in [7, 11) is 0. The van der Waals surface area contributed by atoms with Crippen LogP contribution in [0, 0.1) is 23.2 Å². The minimum absolute atomic E-state index is 0.0268. The number of anilines is 2. The van der Waals surface area contributed by atoms with Gasteiger partial charge in [-0.15, -0.1) is 0 Å². The van der Waals surface area contributed by atoms with E-state index in [1.54, 1.807) is 0 Å². The lowest BCUT2D eigenvalue weighted by molar-refractivity contribution is -0.140. The van der Waals surface area contributed by atoms with Crippen molar-refractivity contribution in [3.63, 3.8) is 0 Å². The van der Waals surface area contributed by atoms with E-state index < -0.39 is 11.9 Å². The Bertz CT molecular complexity index is 1130. The van der Waals surface area contributed by atoms with E-state index in [2.05, 4.69) is 20.3 Å². The number of nitrogens with zero attached hydrogens (tertiary/aromatic N) is 3. The van der Waals surface area contributed by atoms with Gasteiger partial charge < -0.3 is 16.0 Å². The van der Waals surface area contributed by atoms with E-state index in [1.807, 2.05) is 6.07 Å². The molecule has 1 fully saturated rings. The highest BCUT2D eigenvalue weighted by atomic mass is 19.4. The fraction of sp³-hybridized carbons (Fsp3) is 0.222. The molecule has 1 amide bonds. The van der Waals surface area contributed by atoms with Crippen molar-refractivity contribution in [3.05, 3.63) is 36.3 Å². The number of rotatable bonds is 3. The zero-order valence-electron chi connectivity index (χ0n) is 14.2. The van der Waals surface area contributed by atoms with Gasteiger partial charge in [-0.05, 0) is 30.0 Å². The first-order chi connectivity index (χ1) is 13.3. The van der Waals surface area contributed by atoms with Crippen LogP contribution in [0.1, 0.15) is 12.1 Å². The molecule has 1 aliphatic carbocycles. The van der Waals surface area contributed by atoms with Crippen LogP contribution in [0.3, 0.4) is 0 Å². The number of nitrogens with one attached hydrogen (secondary N) is 2. The maximum atomic E-state index is 13.2. The Kier molecular flexibility index (Phi) is 3.96. The average molecular weight is 386 g/mol. The highest BCUT2D eigenvalue weighted by molar-refractivity contribution is 5.98. The van der Waals surface area contributed by atoms with Crippen molar-refractivity contribution in [2.75, 3.05) is 11.1 Å². The van der Waals surface area contributed by atoms with Gasteiger partial charge in [-0.1, -0.05) is 0 Å². The number of halogens is 3. The van der Waals surface area contributed by atoms with Crippen molar-refractivity contribution in [2.24, 2.45) is 11.8 Å². The van der Waals surface area contributed by atoms with Crippen LogP contribution >= 0.6 is 0 Å². The maximum Gasteiger partial charge on any atom is 0.431 e. The molecule has 0 unspecified atom stereocenters. The number of nitrogens with two attached hydrogens (primary N) is 1. The molecule has 0 aliphatic heterocycles. The average Bonchev–Trinajstić information content (AvgIpc) is 3.25. The van der Waals surface area contributed by atoms with Gasteiger partial charge in [0.05, 0.1) is 23.6 Å². The molecule has 4 rings (SSSR count). The quantitative estimate of drug-likeness (QED) is 0.638. The number of pyridine rings is 2. The second-order valence-corrected chi connectivity index (χ2v) is 6.51. The van der Waals surface area contributed by atoms with Crippen molar-refractivity contribution in [3.8, 4) is 17.3 Å². The zero-order valence-corrected chi connectivity index (χ0v) is 14.2. The van der Waals surface area contributed by atoms with E-state index in [0.29, 0.717) is 17.2 Å². The second kappa shape index (κ2) is 6.23. The molecule has 4 N–H and O–H groups in total. The van der Waals surface area contributed by atoms with E-state index in [1.165, 1.54) is 30.6 Å². The Hall–Kier alpha value is -3.61. The number of nitrogen functional groups attached to an aromatic ring is 1. The van der Waals surface area contributed by atoms with Gasteiger partial charge in [-0.25, -0.2) is 9.97 Å². The van der Waals surface area contributed by atoms with Gasteiger partial charge in [0, 0.05) is 23.3 Å². The molecule has 3 heterocycles. The molecule has 2 atom stereocenters. The normalized spacial score (nSPS) is 18.6. The third kappa shape index (κ3) is 3.11. The fourth-order valence-electron chi connectivity index (χ4n) is 3.04. The molecule has 28 heavy (non-hydrogen) atoms. The van der Waals surface area contributed by atoms with Crippen LogP contribution in [0.4, 0.5) is 24.8 Å². The van der Waals surface area contributed by atoms with Crippen LogP contribution in [0.5, 0.6) is 0 Å². The first-order valence-electron chi connectivity index (χ1n) is 8.29. The van der Waals surface area contributed by atoms with Crippen LogP contribution in [-0.2, 0) is 11.0 Å². The second-order valence-electron chi connectivity index (χ2n) is 6.51. The van der Waals surface area contributed by atoms with E-state index in [4.69, 9.17) is 11.0 Å². The number of alkyl halides is 3. The number of carbonyl (C=O) groups excluding carboxylic acids is 1. The first-order valence-corrected chi connectivity index (χ1v) is 8.29.